The van der Waals surface area contributed by atoms with Crippen molar-refractivity contribution in [1.82, 2.24) is 19.5 Å². The van der Waals surface area contributed by atoms with Crippen LogP contribution in [0, 0.1) is 11.3 Å². The Hall–Kier alpha value is -2.65. The van der Waals surface area contributed by atoms with Gasteiger partial charge in [0.25, 0.3) is 0 Å². The highest BCUT2D eigenvalue weighted by atomic mass is 35.5. The molecule has 0 N–H and O–H groups in total. The highest BCUT2D eigenvalue weighted by Gasteiger charge is 2.31. The number of benzene rings is 1. The highest BCUT2D eigenvalue weighted by Crippen LogP contribution is 2.31. The molecule has 1 aliphatic rings. The Morgan fingerprint density at radius 3 is 2.77 bits per heavy atom. The van der Waals surface area contributed by atoms with Crippen molar-refractivity contribution in [2.24, 2.45) is 0 Å². The minimum atomic E-state index is 0.316. The molecule has 0 bridgehead atoms. The Labute approximate surface area is 131 Å². The molecule has 108 valence electrons. The number of nitriles is 1. The van der Waals surface area contributed by atoms with Crippen LogP contribution in [0.4, 0.5) is 5.82 Å². The lowest BCUT2D eigenvalue weighted by Gasteiger charge is -2.40. The van der Waals surface area contributed by atoms with Crippen LogP contribution in [0.15, 0.2) is 36.9 Å². The lowest BCUT2D eigenvalue weighted by atomic mass is 10.1. The molecular weight excluding hydrogens is 300 g/mol. The van der Waals surface area contributed by atoms with Crippen molar-refractivity contribution >= 4 is 28.5 Å². The van der Waals surface area contributed by atoms with Gasteiger partial charge in [-0.25, -0.2) is 15.0 Å². The summed E-state index contributed by atoms with van der Waals surface area (Å²) in [5.74, 6) is 0.719. The molecule has 3 heterocycles. The van der Waals surface area contributed by atoms with Crippen LogP contribution < -0.4 is 4.90 Å². The molecule has 0 spiro atoms. The predicted octanol–water partition coefficient (Wildman–Crippen LogP) is 2.41. The minimum absolute atomic E-state index is 0.316. The molecule has 7 heteroatoms. The first-order valence-electron chi connectivity index (χ1n) is 6.84. The number of imidazole rings is 1. The molecule has 6 nitrogen and oxygen atoms in total. The molecule has 1 aromatic carbocycles. The van der Waals surface area contributed by atoms with Crippen molar-refractivity contribution in [1.29, 1.82) is 5.26 Å². The van der Waals surface area contributed by atoms with E-state index < -0.39 is 0 Å². The number of anilines is 1. The molecule has 0 atom stereocenters. The smallest absolute Gasteiger partial charge is 0.171 e. The Kier molecular flexibility index (Phi) is 2.94. The van der Waals surface area contributed by atoms with Crippen molar-refractivity contribution in [3.05, 3.63) is 47.6 Å². The molecule has 1 saturated heterocycles. The van der Waals surface area contributed by atoms with Crippen LogP contribution in [0.5, 0.6) is 0 Å². The zero-order valence-corrected chi connectivity index (χ0v) is 12.3. The van der Waals surface area contributed by atoms with Crippen LogP contribution in [0.2, 0.25) is 5.15 Å². The normalized spacial score (nSPS) is 14.8. The van der Waals surface area contributed by atoms with E-state index >= 15 is 0 Å². The van der Waals surface area contributed by atoms with Crippen molar-refractivity contribution < 1.29 is 0 Å². The van der Waals surface area contributed by atoms with E-state index in [-0.39, 0.29) is 0 Å². The topological polar surface area (TPSA) is 70.6 Å². The van der Waals surface area contributed by atoms with Gasteiger partial charge in [-0.2, -0.15) is 5.26 Å². The third-order valence-electron chi connectivity index (χ3n) is 3.89. The largest absolute Gasteiger partial charge is 0.350 e. The molecule has 22 heavy (non-hydrogen) atoms. The van der Waals surface area contributed by atoms with Crippen molar-refractivity contribution in [3.63, 3.8) is 0 Å². The fourth-order valence-corrected chi connectivity index (χ4v) is 2.95. The Balaban J connectivity index is 1.59. The van der Waals surface area contributed by atoms with Gasteiger partial charge in [-0.3, -0.25) is 0 Å². The maximum absolute atomic E-state index is 8.94. The standard InChI is InChI=1S/C15H11ClN6/c16-14-15(19-4-3-18-14)21-7-11(8-21)22-9-20-12-5-10(6-17)1-2-13(12)22/h1-5,9,11H,7-8H2. The number of hydrogen-bond donors (Lipinski definition) is 0. The van der Waals surface area contributed by atoms with Crippen LogP contribution in [0.1, 0.15) is 11.6 Å². The summed E-state index contributed by atoms with van der Waals surface area (Å²) >= 11 is 6.07. The molecular formula is C15H11ClN6. The molecule has 0 saturated carbocycles. The molecule has 0 aliphatic carbocycles. The molecule has 3 aromatic rings. The van der Waals surface area contributed by atoms with Crippen molar-refractivity contribution in [3.8, 4) is 6.07 Å². The van der Waals surface area contributed by atoms with Crippen LogP contribution in [0.25, 0.3) is 11.0 Å². The van der Waals surface area contributed by atoms with Crippen molar-refractivity contribution in [2.75, 3.05) is 18.0 Å². The zero-order valence-electron chi connectivity index (χ0n) is 11.5. The molecule has 4 rings (SSSR count). The highest BCUT2D eigenvalue weighted by molar-refractivity contribution is 6.31. The number of rotatable bonds is 2. The maximum atomic E-state index is 8.94. The summed E-state index contributed by atoms with van der Waals surface area (Å²) in [6.45, 7) is 1.62. The van der Waals surface area contributed by atoms with Crippen LogP contribution >= 0.6 is 11.6 Å². The van der Waals surface area contributed by atoms with E-state index in [1.165, 1.54) is 0 Å². The quantitative estimate of drug-likeness (QED) is 0.727. The van der Waals surface area contributed by atoms with Gasteiger partial charge in [-0.1, -0.05) is 11.6 Å². The fraction of sp³-hybridized carbons (Fsp3) is 0.200. The average Bonchev–Trinajstić information content (AvgIpc) is 2.90. The Morgan fingerprint density at radius 2 is 2.00 bits per heavy atom. The first-order chi connectivity index (χ1) is 10.8. The van der Waals surface area contributed by atoms with E-state index in [0.717, 1.165) is 29.9 Å². The van der Waals surface area contributed by atoms with Gasteiger partial charge in [0.15, 0.2) is 11.0 Å². The first-order valence-corrected chi connectivity index (χ1v) is 7.22. The molecule has 1 fully saturated rings. The summed E-state index contributed by atoms with van der Waals surface area (Å²) in [6, 6.07) is 8.02. The van der Waals surface area contributed by atoms with Crippen LogP contribution in [-0.2, 0) is 0 Å². The van der Waals surface area contributed by atoms with E-state index in [4.69, 9.17) is 16.9 Å². The number of fused-ring (bicyclic) bond motifs is 1. The van der Waals surface area contributed by atoms with Crippen LogP contribution in [0.3, 0.4) is 0 Å². The van der Waals surface area contributed by atoms with E-state index in [1.807, 2.05) is 24.5 Å². The van der Waals surface area contributed by atoms with E-state index in [1.54, 1.807) is 12.4 Å². The number of aromatic nitrogens is 4. The SMILES string of the molecule is N#Cc1ccc2c(c1)ncn2C1CN(c2nccnc2Cl)C1. The van der Waals surface area contributed by atoms with E-state index in [9.17, 15) is 0 Å². The first kappa shape index (κ1) is 13.0. The van der Waals surface area contributed by atoms with Gasteiger partial charge in [0.1, 0.15) is 0 Å². The van der Waals surface area contributed by atoms with E-state index in [2.05, 4.69) is 30.5 Å². The Bertz CT molecular complexity index is 890. The monoisotopic (exact) mass is 310 g/mol. The predicted molar refractivity (Wildman–Crippen MR) is 82.7 cm³/mol. The maximum Gasteiger partial charge on any atom is 0.171 e. The molecule has 2 aromatic heterocycles. The summed E-state index contributed by atoms with van der Waals surface area (Å²) in [4.78, 5) is 14.8. The van der Waals surface area contributed by atoms with Crippen LogP contribution in [-0.4, -0.2) is 32.6 Å². The summed E-state index contributed by atoms with van der Waals surface area (Å²) in [5, 5.41) is 9.37. The lowest BCUT2D eigenvalue weighted by molar-refractivity contribution is 0.405. The van der Waals surface area contributed by atoms with Gasteiger partial charge in [0, 0.05) is 25.5 Å². The number of hydrogen-bond acceptors (Lipinski definition) is 5. The molecule has 1 aliphatic heterocycles. The van der Waals surface area contributed by atoms with Gasteiger partial charge in [-0.15, -0.1) is 0 Å². The van der Waals surface area contributed by atoms with Crippen molar-refractivity contribution in [2.45, 2.75) is 6.04 Å². The van der Waals surface area contributed by atoms with Gasteiger partial charge < -0.3 is 9.47 Å². The third-order valence-corrected chi connectivity index (χ3v) is 4.16. The molecule has 0 radical (unpaired) electrons. The summed E-state index contributed by atoms with van der Waals surface area (Å²) < 4.78 is 2.14. The lowest BCUT2D eigenvalue weighted by Crippen LogP contribution is -2.48. The minimum Gasteiger partial charge on any atom is -0.350 e. The summed E-state index contributed by atoms with van der Waals surface area (Å²) in [7, 11) is 0. The second-order valence-electron chi connectivity index (χ2n) is 5.20. The number of nitrogens with zero attached hydrogens (tertiary/aromatic N) is 6. The Morgan fingerprint density at radius 1 is 1.18 bits per heavy atom. The summed E-state index contributed by atoms with van der Waals surface area (Å²) in [6.07, 6.45) is 5.05. The fourth-order valence-electron chi connectivity index (χ4n) is 2.72. The molecule has 0 amide bonds. The second-order valence-corrected chi connectivity index (χ2v) is 5.55. The summed E-state index contributed by atoms with van der Waals surface area (Å²) in [5.41, 5.74) is 2.50. The third kappa shape index (κ3) is 1.98. The van der Waals surface area contributed by atoms with Gasteiger partial charge in [0.05, 0.1) is 35.0 Å². The zero-order chi connectivity index (χ0) is 15.1. The second kappa shape index (κ2) is 4.97. The number of halogens is 1. The molecule has 0 unspecified atom stereocenters. The average molecular weight is 311 g/mol. The van der Waals surface area contributed by atoms with E-state index in [0.29, 0.717) is 16.8 Å². The van der Waals surface area contributed by atoms with Gasteiger partial charge >= 0.3 is 0 Å². The van der Waals surface area contributed by atoms with Gasteiger partial charge in [0.2, 0.25) is 0 Å². The van der Waals surface area contributed by atoms with Gasteiger partial charge in [-0.05, 0) is 18.2 Å².